The molecular weight excluding hydrogens is 152 g/mol. The Bertz CT molecular complexity index is 107. The molecule has 0 aromatic rings. The van der Waals surface area contributed by atoms with E-state index in [4.69, 9.17) is 10.5 Å². The monoisotopic (exact) mass is 167 g/mol. The van der Waals surface area contributed by atoms with Gasteiger partial charge in [-0.25, -0.2) is 8.78 Å². The molecule has 2 N–H and O–H groups in total. The van der Waals surface area contributed by atoms with Gasteiger partial charge in [0, 0.05) is 6.42 Å². The molecule has 0 unspecified atom stereocenters. The quantitative estimate of drug-likeness (QED) is 0.671. The molecule has 0 fully saturated rings. The molecule has 68 valence electrons. The number of rotatable bonds is 5. The van der Waals surface area contributed by atoms with E-state index in [2.05, 4.69) is 0 Å². The van der Waals surface area contributed by atoms with E-state index in [1.807, 2.05) is 0 Å². The summed E-state index contributed by atoms with van der Waals surface area (Å²) >= 11 is 0. The Morgan fingerprint density at radius 1 is 1.45 bits per heavy atom. The number of ether oxygens (including phenoxy) is 1. The minimum Gasteiger partial charge on any atom is -0.379 e. The highest BCUT2D eigenvalue weighted by molar-refractivity contribution is 4.65. The Hall–Kier alpha value is -0.220. The normalized spacial score (nSPS) is 12.5. The predicted octanol–water partition coefficient (Wildman–Crippen LogP) is 1.40. The first-order valence-electron chi connectivity index (χ1n) is 3.67. The zero-order valence-electron chi connectivity index (χ0n) is 6.94. The largest absolute Gasteiger partial charge is 0.379 e. The molecule has 0 bridgehead atoms. The van der Waals surface area contributed by atoms with E-state index in [9.17, 15) is 8.78 Å². The Kier molecular flexibility index (Phi) is 4.52. The van der Waals surface area contributed by atoms with Crippen molar-refractivity contribution in [2.45, 2.75) is 32.3 Å². The summed E-state index contributed by atoms with van der Waals surface area (Å²) in [5, 5.41) is 0. The summed E-state index contributed by atoms with van der Waals surface area (Å²) in [7, 11) is 0. The van der Waals surface area contributed by atoms with Gasteiger partial charge in [0.25, 0.3) is 5.92 Å². The zero-order valence-corrected chi connectivity index (χ0v) is 6.94. The van der Waals surface area contributed by atoms with E-state index in [-0.39, 0.29) is 19.1 Å². The molecule has 0 spiro atoms. The third kappa shape index (κ3) is 6.19. The average Bonchev–Trinajstić information content (AvgIpc) is 1.87. The van der Waals surface area contributed by atoms with E-state index in [1.54, 1.807) is 13.8 Å². The molecule has 0 atom stereocenters. The zero-order chi connectivity index (χ0) is 8.91. The fraction of sp³-hybridized carbons (Fsp3) is 1.00. The van der Waals surface area contributed by atoms with Crippen LogP contribution in [0.4, 0.5) is 8.78 Å². The maximum Gasteiger partial charge on any atom is 0.262 e. The standard InChI is InChI=1S/C7H15F2NO/c1-6(2)11-4-3-7(8,9)5-10/h6H,3-5,10H2,1-2H3. The lowest BCUT2D eigenvalue weighted by Gasteiger charge is -2.14. The molecule has 0 aliphatic rings. The third-order valence-corrected chi connectivity index (χ3v) is 1.22. The van der Waals surface area contributed by atoms with Gasteiger partial charge in [0.1, 0.15) is 0 Å². The molecule has 0 heterocycles. The summed E-state index contributed by atoms with van der Waals surface area (Å²) in [5.41, 5.74) is 4.82. The number of hydrogen-bond donors (Lipinski definition) is 1. The van der Waals surface area contributed by atoms with Crippen molar-refractivity contribution >= 4 is 0 Å². The van der Waals surface area contributed by atoms with Crippen molar-refractivity contribution in [3.63, 3.8) is 0 Å². The van der Waals surface area contributed by atoms with Crippen molar-refractivity contribution in [1.29, 1.82) is 0 Å². The van der Waals surface area contributed by atoms with Gasteiger partial charge in [-0.05, 0) is 13.8 Å². The van der Waals surface area contributed by atoms with Crippen LogP contribution in [0.15, 0.2) is 0 Å². The Morgan fingerprint density at radius 3 is 2.36 bits per heavy atom. The summed E-state index contributed by atoms with van der Waals surface area (Å²) in [6, 6.07) is 0. The van der Waals surface area contributed by atoms with Crippen LogP contribution < -0.4 is 5.73 Å². The van der Waals surface area contributed by atoms with Gasteiger partial charge in [-0.1, -0.05) is 0 Å². The molecule has 11 heavy (non-hydrogen) atoms. The fourth-order valence-corrected chi connectivity index (χ4v) is 0.546. The minimum atomic E-state index is -2.77. The SMILES string of the molecule is CC(C)OCCC(F)(F)CN. The lowest BCUT2D eigenvalue weighted by molar-refractivity contribution is -0.0346. The van der Waals surface area contributed by atoms with Crippen LogP contribution in [-0.4, -0.2) is 25.2 Å². The summed E-state index contributed by atoms with van der Waals surface area (Å²) in [4.78, 5) is 0. The highest BCUT2D eigenvalue weighted by atomic mass is 19.3. The van der Waals surface area contributed by atoms with Crippen molar-refractivity contribution < 1.29 is 13.5 Å². The number of halogens is 2. The molecule has 2 nitrogen and oxygen atoms in total. The smallest absolute Gasteiger partial charge is 0.262 e. The molecule has 0 aliphatic carbocycles. The first-order valence-corrected chi connectivity index (χ1v) is 3.67. The Balaban J connectivity index is 3.38. The third-order valence-electron chi connectivity index (χ3n) is 1.22. The predicted molar refractivity (Wildman–Crippen MR) is 39.7 cm³/mol. The summed E-state index contributed by atoms with van der Waals surface area (Å²) in [6.07, 6.45) is -0.287. The molecule has 0 aromatic heterocycles. The first kappa shape index (κ1) is 10.8. The van der Waals surface area contributed by atoms with E-state index < -0.39 is 12.5 Å². The van der Waals surface area contributed by atoms with E-state index >= 15 is 0 Å². The molecular formula is C7H15F2NO. The van der Waals surface area contributed by atoms with Gasteiger partial charge >= 0.3 is 0 Å². The summed E-state index contributed by atoms with van der Waals surface area (Å²) < 4.78 is 29.7. The topological polar surface area (TPSA) is 35.2 Å². The van der Waals surface area contributed by atoms with Crippen LogP contribution in [0.25, 0.3) is 0 Å². The highest BCUT2D eigenvalue weighted by Crippen LogP contribution is 2.16. The van der Waals surface area contributed by atoms with Crippen molar-refractivity contribution in [2.75, 3.05) is 13.2 Å². The number of alkyl halides is 2. The van der Waals surface area contributed by atoms with Crippen molar-refractivity contribution in [3.05, 3.63) is 0 Å². The Labute approximate surface area is 65.7 Å². The second-order valence-corrected chi connectivity index (χ2v) is 2.73. The Morgan fingerprint density at radius 2 is 2.00 bits per heavy atom. The summed E-state index contributed by atoms with van der Waals surface area (Å²) in [6.45, 7) is 3.08. The molecule has 0 amide bonds. The van der Waals surface area contributed by atoms with E-state index in [0.29, 0.717) is 0 Å². The van der Waals surface area contributed by atoms with Gasteiger partial charge in [-0.3, -0.25) is 0 Å². The summed E-state index contributed by atoms with van der Waals surface area (Å²) in [5.74, 6) is -2.77. The average molecular weight is 167 g/mol. The van der Waals surface area contributed by atoms with Crippen molar-refractivity contribution in [3.8, 4) is 0 Å². The van der Waals surface area contributed by atoms with Crippen molar-refractivity contribution in [1.82, 2.24) is 0 Å². The first-order chi connectivity index (χ1) is 4.98. The lowest BCUT2D eigenvalue weighted by atomic mass is 10.2. The van der Waals surface area contributed by atoms with Crippen LogP contribution >= 0.6 is 0 Å². The van der Waals surface area contributed by atoms with Crippen LogP contribution in [-0.2, 0) is 4.74 Å². The van der Waals surface area contributed by atoms with Crippen LogP contribution in [0.3, 0.4) is 0 Å². The maximum atomic E-state index is 12.4. The van der Waals surface area contributed by atoms with Crippen LogP contribution in [0.5, 0.6) is 0 Å². The number of nitrogens with two attached hydrogens (primary N) is 1. The van der Waals surface area contributed by atoms with E-state index in [0.717, 1.165) is 0 Å². The van der Waals surface area contributed by atoms with Crippen molar-refractivity contribution in [2.24, 2.45) is 5.73 Å². The number of hydrogen-bond acceptors (Lipinski definition) is 2. The molecule has 0 aliphatic heterocycles. The van der Waals surface area contributed by atoms with E-state index in [1.165, 1.54) is 0 Å². The molecule has 0 saturated heterocycles. The fourth-order valence-electron chi connectivity index (χ4n) is 0.546. The van der Waals surface area contributed by atoms with Gasteiger partial charge in [0.05, 0.1) is 19.3 Å². The highest BCUT2D eigenvalue weighted by Gasteiger charge is 2.25. The maximum absolute atomic E-state index is 12.4. The van der Waals surface area contributed by atoms with Gasteiger partial charge < -0.3 is 10.5 Å². The minimum absolute atomic E-state index is 0.00331. The molecule has 4 heteroatoms. The van der Waals surface area contributed by atoms with Crippen LogP contribution in [0.1, 0.15) is 20.3 Å². The molecule has 0 rings (SSSR count). The second-order valence-electron chi connectivity index (χ2n) is 2.73. The van der Waals surface area contributed by atoms with Gasteiger partial charge in [0.2, 0.25) is 0 Å². The van der Waals surface area contributed by atoms with Crippen LogP contribution in [0, 0.1) is 0 Å². The van der Waals surface area contributed by atoms with Gasteiger partial charge in [-0.2, -0.15) is 0 Å². The van der Waals surface area contributed by atoms with Crippen LogP contribution in [0.2, 0.25) is 0 Å². The van der Waals surface area contributed by atoms with Gasteiger partial charge in [0.15, 0.2) is 0 Å². The molecule has 0 radical (unpaired) electrons. The molecule has 0 aromatic carbocycles. The second kappa shape index (κ2) is 4.62. The van der Waals surface area contributed by atoms with Gasteiger partial charge in [-0.15, -0.1) is 0 Å². The lowest BCUT2D eigenvalue weighted by Crippen LogP contribution is -2.29. The molecule has 0 saturated carbocycles.